The first-order valence-electron chi connectivity index (χ1n) is 10.8. The monoisotopic (exact) mass is 421 g/mol. The third kappa shape index (κ3) is 4.96. The number of anilines is 3. The van der Waals surface area contributed by atoms with Crippen LogP contribution in [0.5, 0.6) is 5.75 Å². The summed E-state index contributed by atoms with van der Waals surface area (Å²) < 4.78 is 7.53. The van der Waals surface area contributed by atoms with Crippen LogP contribution in [-0.4, -0.2) is 63.0 Å². The van der Waals surface area contributed by atoms with Gasteiger partial charge in [-0.15, -0.1) is 5.10 Å². The summed E-state index contributed by atoms with van der Waals surface area (Å²) in [5.41, 5.74) is 1.81. The van der Waals surface area contributed by atoms with Crippen molar-refractivity contribution >= 4 is 17.5 Å². The normalized spacial score (nSPS) is 19.6. The zero-order chi connectivity index (χ0) is 22.0. The summed E-state index contributed by atoms with van der Waals surface area (Å²) in [6, 6.07) is 12.8. The van der Waals surface area contributed by atoms with E-state index in [2.05, 4.69) is 57.1 Å². The fourth-order valence-electron chi connectivity index (χ4n) is 3.81. The standard InChI is InChI=1S/C23H31N7O/c1-16(2)31-21-8-6-7-19(11-21)26-23-25-15-30(27-23)20-9-10-24-22(12-20)29-13-17(3)28(5)18(4)14-29/h6-12,15-18H,13-14H2,1-5H3,(H,26,27)/t17-,18+. The molecule has 164 valence electrons. The van der Waals surface area contributed by atoms with Crippen molar-refractivity contribution in [1.29, 1.82) is 0 Å². The van der Waals surface area contributed by atoms with Crippen molar-refractivity contribution in [3.63, 3.8) is 0 Å². The van der Waals surface area contributed by atoms with Gasteiger partial charge in [-0.25, -0.2) is 9.67 Å². The Kier molecular flexibility index (Phi) is 6.08. The third-order valence-electron chi connectivity index (χ3n) is 5.63. The molecule has 0 bridgehead atoms. The highest BCUT2D eigenvalue weighted by Gasteiger charge is 2.27. The first kappa shape index (κ1) is 21.1. The van der Waals surface area contributed by atoms with E-state index in [1.165, 1.54) is 0 Å². The van der Waals surface area contributed by atoms with Gasteiger partial charge in [0.15, 0.2) is 0 Å². The number of pyridine rings is 1. The lowest BCUT2D eigenvalue weighted by Crippen LogP contribution is -2.55. The Morgan fingerprint density at radius 1 is 1.06 bits per heavy atom. The minimum atomic E-state index is 0.125. The van der Waals surface area contributed by atoms with Crippen LogP contribution >= 0.6 is 0 Å². The Labute approximate surface area is 183 Å². The topological polar surface area (TPSA) is 71.3 Å². The number of nitrogens with zero attached hydrogens (tertiary/aromatic N) is 6. The van der Waals surface area contributed by atoms with Crippen LogP contribution in [0.15, 0.2) is 48.9 Å². The minimum absolute atomic E-state index is 0.125. The number of rotatable bonds is 6. The van der Waals surface area contributed by atoms with E-state index in [0.717, 1.165) is 36.0 Å². The maximum absolute atomic E-state index is 5.76. The summed E-state index contributed by atoms with van der Waals surface area (Å²) in [6.45, 7) is 10.4. The summed E-state index contributed by atoms with van der Waals surface area (Å²) in [6.07, 6.45) is 3.67. The molecule has 0 amide bonds. The predicted molar refractivity (Wildman–Crippen MR) is 124 cm³/mol. The van der Waals surface area contributed by atoms with E-state index in [1.54, 1.807) is 11.0 Å². The molecule has 0 aliphatic carbocycles. The second kappa shape index (κ2) is 8.93. The Bertz CT molecular complexity index is 1010. The Morgan fingerprint density at radius 3 is 2.58 bits per heavy atom. The van der Waals surface area contributed by atoms with Crippen molar-refractivity contribution in [3.05, 3.63) is 48.9 Å². The zero-order valence-corrected chi connectivity index (χ0v) is 18.9. The van der Waals surface area contributed by atoms with Crippen LogP contribution in [0.25, 0.3) is 5.69 Å². The molecule has 8 nitrogen and oxygen atoms in total. The summed E-state index contributed by atoms with van der Waals surface area (Å²) in [7, 11) is 2.19. The molecule has 1 fully saturated rings. The van der Waals surface area contributed by atoms with Crippen molar-refractivity contribution in [1.82, 2.24) is 24.6 Å². The highest BCUT2D eigenvalue weighted by atomic mass is 16.5. The van der Waals surface area contributed by atoms with Crippen LogP contribution in [0.4, 0.5) is 17.5 Å². The maximum atomic E-state index is 5.76. The molecule has 1 aliphatic heterocycles. The first-order valence-corrected chi connectivity index (χ1v) is 10.8. The molecule has 4 rings (SSSR count). The Morgan fingerprint density at radius 2 is 1.84 bits per heavy atom. The highest BCUT2D eigenvalue weighted by molar-refractivity contribution is 5.56. The van der Waals surface area contributed by atoms with E-state index < -0.39 is 0 Å². The van der Waals surface area contributed by atoms with Crippen LogP contribution in [0.3, 0.4) is 0 Å². The van der Waals surface area contributed by atoms with Crippen molar-refractivity contribution in [2.24, 2.45) is 0 Å². The number of aromatic nitrogens is 4. The van der Waals surface area contributed by atoms with Crippen LogP contribution in [0, 0.1) is 0 Å². The van der Waals surface area contributed by atoms with Gasteiger partial charge in [0, 0.05) is 49.2 Å². The molecule has 2 aromatic heterocycles. The molecular formula is C23H31N7O. The molecule has 1 aliphatic rings. The number of hydrogen-bond donors (Lipinski definition) is 1. The van der Waals surface area contributed by atoms with Gasteiger partial charge < -0.3 is 15.0 Å². The first-order chi connectivity index (χ1) is 14.9. The van der Waals surface area contributed by atoms with Gasteiger partial charge in [-0.1, -0.05) is 6.07 Å². The maximum Gasteiger partial charge on any atom is 0.246 e. The molecule has 3 aromatic rings. The molecule has 0 unspecified atom stereocenters. The van der Waals surface area contributed by atoms with E-state index >= 15 is 0 Å². The number of piperazine rings is 1. The van der Waals surface area contributed by atoms with Crippen LogP contribution in [0.2, 0.25) is 0 Å². The van der Waals surface area contributed by atoms with Crippen LogP contribution < -0.4 is 15.0 Å². The van der Waals surface area contributed by atoms with Crippen molar-refractivity contribution in [3.8, 4) is 11.4 Å². The molecule has 0 spiro atoms. The molecule has 3 heterocycles. The van der Waals surface area contributed by atoms with E-state index in [-0.39, 0.29) is 6.10 Å². The van der Waals surface area contributed by atoms with Gasteiger partial charge in [0.05, 0.1) is 11.8 Å². The van der Waals surface area contributed by atoms with Gasteiger partial charge in [-0.05, 0) is 52.9 Å². The van der Waals surface area contributed by atoms with E-state index in [1.807, 2.05) is 50.4 Å². The molecule has 1 N–H and O–H groups in total. The fraction of sp³-hybridized carbons (Fsp3) is 0.435. The molecule has 1 saturated heterocycles. The zero-order valence-electron chi connectivity index (χ0n) is 18.9. The quantitative estimate of drug-likeness (QED) is 0.650. The van der Waals surface area contributed by atoms with Crippen molar-refractivity contribution < 1.29 is 4.74 Å². The molecule has 0 saturated carbocycles. The van der Waals surface area contributed by atoms with E-state index in [0.29, 0.717) is 18.0 Å². The van der Waals surface area contributed by atoms with Gasteiger partial charge in [-0.2, -0.15) is 4.98 Å². The second-order valence-electron chi connectivity index (χ2n) is 8.47. The molecular weight excluding hydrogens is 390 g/mol. The molecule has 2 atom stereocenters. The highest BCUT2D eigenvalue weighted by Crippen LogP contribution is 2.23. The van der Waals surface area contributed by atoms with Gasteiger partial charge in [-0.3, -0.25) is 4.90 Å². The number of benzene rings is 1. The molecule has 0 radical (unpaired) electrons. The minimum Gasteiger partial charge on any atom is -0.491 e. The third-order valence-corrected chi connectivity index (χ3v) is 5.63. The smallest absolute Gasteiger partial charge is 0.246 e. The van der Waals surface area contributed by atoms with Crippen LogP contribution in [0.1, 0.15) is 27.7 Å². The number of nitrogens with one attached hydrogen (secondary N) is 1. The van der Waals surface area contributed by atoms with Gasteiger partial charge in [0.25, 0.3) is 0 Å². The average Bonchev–Trinajstić information content (AvgIpc) is 3.20. The van der Waals surface area contributed by atoms with Crippen molar-refractivity contribution in [2.45, 2.75) is 45.9 Å². The number of hydrogen-bond acceptors (Lipinski definition) is 7. The fourth-order valence-corrected chi connectivity index (χ4v) is 3.81. The SMILES string of the molecule is CC(C)Oc1cccc(Nc2ncn(-c3ccnc(N4C[C@@H](C)N(C)[C@@H](C)C4)c3)n2)c1. The second-order valence-corrected chi connectivity index (χ2v) is 8.47. The summed E-state index contributed by atoms with van der Waals surface area (Å²) in [4.78, 5) is 13.8. The van der Waals surface area contributed by atoms with Crippen LogP contribution in [-0.2, 0) is 0 Å². The summed E-state index contributed by atoms with van der Waals surface area (Å²) in [5, 5.41) is 7.84. The van der Waals surface area contributed by atoms with Gasteiger partial charge in [0.2, 0.25) is 5.95 Å². The van der Waals surface area contributed by atoms with E-state index in [9.17, 15) is 0 Å². The molecule has 31 heavy (non-hydrogen) atoms. The van der Waals surface area contributed by atoms with Gasteiger partial charge >= 0.3 is 0 Å². The van der Waals surface area contributed by atoms with E-state index in [4.69, 9.17) is 4.74 Å². The van der Waals surface area contributed by atoms with Gasteiger partial charge in [0.1, 0.15) is 17.9 Å². The Balaban J connectivity index is 1.49. The summed E-state index contributed by atoms with van der Waals surface area (Å²) in [5.74, 6) is 2.31. The Hall–Kier alpha value is -3.13. The number of likely N-dealkylation sites (N-methyl/N-ethyl adjacent to an activating group) is 1. The molecule has 8 heteroatoms. The lowest BCUT2D eigenvalue weighted by molar-refractivity contribution is 0.169. The lowest BCUT2D eigenvalue weighted by Gasteiger charge is -2.43. The molecule has 1 aromatic carbocycles. The number of ether oxygens (including phenoxy) is 1. The summed E-state index contributed by atoms with van der Waals surface area (Å²) >= 11 is 0. The lowest BCUT2D eigenvalue weighted by atomic mass is 10.1. The largest absolute Gasteiger partial charge is 0.491 e. The average molecular weight is 422 g/mol. The van der Waals surface area contributed by atoms with Crippen molar-refractivity contribution in [2.75, 3.05) is 30.4 Å². The predicted octanol–water partition coefficient (Wildman–Crippen LogP) is 3.72.